The molecule has 0 bridgehead atoms. The largest absolute Gasteiger partial charge is 0.351 e. The van der Waals surface area contributed by atoms with Gasteiger partial charge in [-0.25, -0.2) is 0 Å². The van der Waals surface area contributed by atoms with Gasteiger partial charge in [0.25, 0.3) is 0 Å². The van der Waals surface area contributed by atoms with Gasteiger partial charge in [-0.05, 0) is 37.4 Å². The van der Waals surface area contributed by atoms with Crippen LogP contribution in [0.3, 0.4) is 0 Å². The van der Waals surface area contributed by atoms with Crippen molar-refractivity contribution in [1.82, 2.24) is 5.32 Å². The van der Waals surface area contributed by atoms with E-state index in [9.17, 15) is 4.79 Å². The third-order valence-electron chi connectivity index (χ3n) is 3.77. The lowest BCUT2D eigenvalue weighted by atomic mass is 9.98. The average molecular weight is 242 g/mol. The maximum absolute atomic E-state index is 12.0. The molecule has 2 fully saturated rings. The van der Waals surface area contributed by atoms with Crippen LogP contribution in [0.4, 0.5) is 0 Å². The standard InChI is InChI=1S/C12H22N2OS/c13-8-10(9-4-1-2-5-9)14-12(15)11-6-3-7-16-11/h9-11H,1-8,13H2,(H,14,15). The van der Waals surface area contributed by atoms with Gasteiger partial charge in [-0.3, -0.25) is 4.79 Å². The van der Waals surface area contributed by atoms with E-state index in [0.717, 1.165) is 12.2 Å². The number of hydrogen-bond acceptors (Lipinski definition) is 3. The Morgan fingerprint density at radius 1 is 1.31 bits per heavy atom. The van der Waals surface area contributed by atoms with E-state index in [1.807, 2.05) is 0 Å². The van der Waals surface area contributed by atoms with Crippen LogP contribution in [0.15, 0.2) is 0 Å². The van der Waals surface area contributed by atoms with E-state index in [-0.39, 0.29) is 17.2 Å². The second kappa shape index (κ2) is 5.92. The SMILES string of the molecule is NCC(NC(=O)C1CCCS1)C1CCCC1. The highest BCUT2D eigenvalue weighted by atomic mass is 32.2. The zero-order valence-corrected chi connectivity index (χ0v) is 10.6. The smallest absolute Gasteiger partial charge is 0.233 e. The lowest BCUT2D eigenvalue weighted by Crippen LogP contribution is -2.47. The van der Waals surface area contributed by atoms with E-state index in [1.165, 1.54) is 32.1 Å². The lowest BCUT2D eigenvalue weighted by molar-refractivity contribution is -0.121. The fraction of sp³-hybridized carbons (Fsp3) is 0.917. The molecule has 0 radical (unpaired) electrons. The molecule has 92 valence electrons. The number of rotatable bonds is 4. The van der Waals surface area contributed by atoms with Crippen LogP contribution in [0.5, 0.6) is 0 Å². The molecule has 3 nitrogen and oxygen atoms in total. The van der Waals surface area contributed by atoms with Crippen molar-refractivity contribution < 1.29 is 4.79 Å². The Labute approximate surface area is 102 Å². The van der Waals surface area contributed by atoms with Crippen molar-refractivity contribution in [3.05, 3.63) is 0 Å². The van der Waals surface area contributed by atoms with E-state index in [2.05, 4.69) is 5.32 Å². The number of amides is 1. The van der Waals surface area contributed by atoms with E-state index in [4.69, 9.17) is 5.73 Å². The van der Waals surface area contributed by atoms with Gasteiger partial charge < -0.3 is 11.1 Å². The Morgan fingerprint density at radius 2 is 2.06 bits per heavy atom. The molecule has 1 heterocycles. The number of thioether (sulfide) groups is 1. The van der Waals surface area contributed by atoms with Crippen LogP contribution in [0.1, 0.15) is 38.5 Å². The molecule has 3 N–H and O–H groups in total. The van der Waals surface area contributed by atoms with Crippen LogP contribution in [0.2, 0.25) is 0 Å². The molecule has 0 spiro atoms. The van der Waals surface area contributed by atoms with Gasteiger partial charge in [0.2, 0.25) is 5.91 Å². The molecule has 4 heteroatoms. The van der Waals surface area contributed by atoms with E-state index < -0.39 is 0 Å². The summed E-state index contributed by atoms with van der Waals surface area (Å²) in [6, 6.07) is 0.219. The van der Waals surface area contributed by atoms with Crippen LogP contribution >= 0.6 is 11.8 Å². The van der Waals surface area contributed by atoms with Crippen LogP contribution in [0, 0.1) is 5.92 Å². The minimum atomic E-state index is 0.190. The number of nitrogens with one attached hydrogen (secondary N) is 1. The highest BCUT2D eigenvalue weighted by Crippen LogP contribution is 2.29. The average Bonchev–Trinajstić information content (AvgIpc) is 2.96. The Kier molecular flexibility index (Phi) is 4.53. The maximum atomic E-state index is 12.0. The first kappa shape index (κ1) is 12.2. The van der Waals surface area contributed by atoms with Crippen LogP contribution in [0.25, 0.3) is 0 Å². The Morgan fingerprint density at radius 3 is 2.62 bits per heavy atom. The van der Waals surface area contributed by atoms with E-state index >= 15 is 0 Å². The molecule has 1 aliphatic heterocycles. The van der Waals surface area contributed by atoms with Gasteiger partial charge in [0.05, 0.1) is 5.25 Å². The molecule has 2 unspecified atom stereocenters. The topological polar surface area (TPSA) is 55.1 Å². The Balaban J connectivity index is 1.82. The van der Waals surface area contributed by atoms with Gasteiger partial charge in [-0.1, -0.05) is 12.8 Å². The zero-order valence-electron chi connectivity index (χ0n) is 9.78. The summed E-state index contributed by atoms with van der Waals surface area (Å²) in [5, 5.41) is 3.36. The highest BCUT2D eigenvalue weighted by molar-refractivity contribution is 8.00. The zero-order chi connectivity index (χ0) is 11.4. The summed E-state index contributed by atoms with van der Waals surface area (Å²) in [5.74, 6) is 1.99. The summed E-state index contributed by atoms with van der Waals surface area (Å²) in [6.45, 7) is 0.591. The van der Waals surface area contributed by atoms with Gasteiger partial charge in [0.1, 0.15) is 0 Å². The number of nitrogens with two attached hydrogens (primary N) is 1. The predicted molar refractivity (Wildman–Crippen MR) is 68.4 cm³/mol. The first-order valence-electron chi connectivity index (χ1n) is 6.43. The molecule has 16 heavy (non-hydrogen) atoms. The molecule has 2 atom stereocenters. The minimum absolute atomic E-state index is 0.190. The van der Waals surface area contributed by atoms with Crippen molar-refractivity contribution in [3.8, 4) is 0 Å². The summed E-state index contributed by atoms with van der Waals surface area (Å²) in [4.78, 5) is 12.0. The molecular formula is C12H22N2OS. The van der Waals surface area contributed by atoms with Gasteiger partial charge in [-0.2, -0.15) is 0 Å². The third kappa shape index (κ3) is 2.92. The second-order valence-electron chi connectivity index (χ2n) is 4.90. The highest BCUT2D eigenvalue weighted by Gasteiger charge is 2.29. The van der Waals surface area contributed by atoms with Crippen molar-refractivity contribution >= 4 is 17.7 Å². The predicted octanol–water partition coefficient (Wildman–Crippen LogP) is 1.52. The molecule has 2 rings (SSSR count). The summed E-state index contributed by atoms with van der Waals surface area (Å²) >= 11 is 1.79. The fourth-order valence-electron chi connectivity index (χ4n) is 2.79. The Bertz CT molecular complexity index is 235. The quantitative estimate of drug-likeness (QED) is 0.786. The Hall–Kier alpha value is -0.220. The molecule has 0 aromatic rings. The lowest BCUT2D eigenvalue weighted by Gasteiger charge is -2.24. The first-order valence-corrected chi connectivity index (χ1v) is 7.48. The molecule has 2 aliphatic rings. The third-order valence-corrected chi connectivity index (χ3v) is 5.15. The normalized spacial score (nSPS) is 28.2. The van der Waals surface area contributed by atoms with Crippen molar-refractivity contribution in [2.24, 2.45) is 11.7 Å². The second-order valence-corrected chi connectivity index (χ2v) is 6.21. The maximum Gasteiger partial charge on any atom is 0.233 e. The van der Waals surface area contributed by atoms with Crippen molar-refractivity contribution in [3.63, 3.8) is 0 Å². The van der Waals surface area contributed by atoms with Crippen molar-refractivity contribution in [2.75, 3.05) is 12.3 Å². The minimum Gasteiger partial charge on any atom is -0.351 e. The van der Waals surface area contributed by atoms with Crippen LogP contribution < -0.4 is 11.1 Å². The van der Waals surface area contributed by atoms with Crippen molar-refractivity contribution in [1.29, 1.82) is 0 Å². The monoisotopic (exact) mass is 242 g/mol. The van der Waals surface area contributed by atoms with Crippen LogP contribution in [-0.4, -0.2) is 29.5 Å². The summed E-state index contributed by atoms with van der Waals surface area (Å²) in [5.41, 5.74) is 5.78. The molecular weight excluding hydrogens is 220 g/mol. The summed E-state index contributed by atoms with van der Waals surface area (Å²) in [7, 11) is 0. The number of hydrogen-bond donors (Lipinski definition) is 2. The first-order chi connectivity index (χ1) is 7.81. The van der Waals surface area contributed by atoms with E-state index in [0.29, 0.717) is 12.5 Å². The molecule has 0 aromatic heterocycles. The number of carbonyl (C=O) groups is 1. The molecule has 1 aliphatic carbocycles. The van der Waals surface area contributed by atoms with Crippen LogP contribution in [-0.2, 0) is 4.79 Å². The van der Waals surface area contributed by atoms with Gasteiger partial charge in [-0.15, -0.1) is 11.8 Å². The van der Waals surface area contributed by atoms with Gasteiger partial charge in [0, 0.05) is 12.6 Å². The fourth-order valence-corrected chi connectivity index (χ4v) is 3.96. The molecule has 1 amide bonds. The number of carbonyl (C=O) groups excluding carboxylic acids is 1. The summed E-state index contributed by atoms with van der Waals surface area (Å²) < 4.78 is 0. The summed E-state index contributed by atoms with van der Waals surface area (Å²) in [6.07, 6.45) is 7.29. The van der Waals surface area contributed by atoms with Gasteiger partial charge in [0.15, 0.2) is 0 Å². The molecule has 1 saturated carbocycles. The van der Waals surface area contributed by atoms with E-state index in [1.54, 1.807) is 11.8 Å². The van der Waals surface area contributed by atoms with Crippen molar-refractivity contribution in [2.45, 2.75) is 49.8 Å². The molecule has 1 saturated heterocycles. The van der Waals surface area contributed by atoms with Gasteiger partial charge >= 0.3 is 0 Å². The molecule has 0 aromatic carbocycles.